The van der Waals surface area contributed by atoms with Crippen molar-refractivity contribution in [2.45, 2.75) is 46.1 Å². The molecule has 0 saturated heterocycles. The van der Waals surface area contributed by atoms with E-state index in [1.54, 1.807) is 39.0 Å². The number of hydrogen-bond acceptors (Lipinski definition) is 3. The number of allylic oxidation sites excluding steroid dienone is 3. The Balaban J connectivity index is 2.11. The van der Waals surface area contributed by atoms with Gasteiger partial charge in [-0.3, -0.25) is 5.32 Å². The lowest BCUT2D eigenvalue weighted by atomic mass is 9.85. The summed E-state index contributed by atoms with van der Waals surface area (Å²) in [6, 6.07) is 7.28. The summed E-state index contributed by atoms with van der Waals surface area (Å²) in [5.74, 6) is -0.796. The van der Waals surface area contributed by atoms with Crippen molar-refractivity contribution in [3.63, 3.8) is 0 Å². The van der Waals surface area contributed by atoms with E-state index in [-0.39, 0.29) is 5.92 Å². The highest BCUT2D eigenvalue weighted by molar-refractivity contribution is 5.93. The lowest BCUT2D eigenvalue weighted by molar-refractivity contribution is -0.133. The van der Waals surface area contributed by atoms with Gasteiger partial charge in [-0.1, -0.05) is 25.1 Å². The number of carbonyl (C=O) groups is 2. The molecule has 5 heteroatoms. The van der Waals surface area contributed by atoms with Gasteiger partial charge in [0.15, 0.2) is 0 Å². The first-order chi connectivity index (χ1) is 11.7. The van der Waals surface area contributed by atoms with E-state index in [0.29, 0.717) is 11.3 Å². The lowest BCUT2D eigenvalue weighted by Gasteiger charge is -2.21. The quantitative estimate of drug-likeness (QED) is 0.819. The molecule has 1 aromatic rings. The second kappa shape index (κ2) is 7.55. The van der Waals surface area contributed by atoms with Gasteiger partial charge in [0.1, 0.15) is 5.60 Å². The molecule has 1 unspecified atom stereocenters. The molecule has 0 aromatic heterocycles. The average molecular weight is 343 g/mol. The third-order valence-corrected chi connectivity index (χ3v) is 3.98. The topological polar surface area (TPSA) is 75.6 Å². The van der Waals surface area contributed by atoms with Gasteiger partial charge in [-0.05, 0) is 68.9 Å². The summed E-state index contributed by atoms with van der Waals surface area (Å²) >= 11 is 0. The molecule has 25 heavy (non-hydrogen) atoms. The Labute approximate surface area is 148 Å². The minimum absolute atomic E-state index is 0.0642. The molecule has 0 saturated carbocycles. The normalized spacial score (nSPS) is 17.4. The van der Waals surface area contributed by atoms with Gasteiger partial charge in [-0.25, -0.2) is 9.59 Å². The number of ether oxygens (including phenoxy) is 1. The van der Waals surface area contributed by atoms with E-state index in [2.05, 4.69) is 11.4 Å². The Morgan fingerprint density at radius 3 is 2.40 bits per heavy atom. The molecular weight excluding hydrogens is 318 g/mol. The Hall–Kier alpha value is -2.56. The second-order valence-electron chi connectivity index (χ2n) is 7.11. The van der Waals surface area contributed by atoms with E-state index in [1.807, 2.05) is 19.1 Å². The van der Waals surface area contributed by atoms with E-state index in [9.17, 15) is 14.7 Å². The van der Waals surface area contributed by atoms with E-state index >= 15 is 0 Å². The second-order valence-corrected chi connectivity index (χ2v) is 7.11. The molecule has 134 valence electrons. The van der Waals surface area contributed by atoms with Crippen molar-refractivity contribution in [3.8, 4) is 0 Å². The van der Waals surface area contributed by atoms with Crippen molar-refractivity contribution in [1.29, 1.82) is 0 Å². The number of rotatable bonds is 4. The molecule has 1 aliphatic carbocycles. The summed E-state index contributed by atoms with van der Waals surface area (Å²) in [5, 5.41) is 12.1. The summed E-state index contributed by atoms with van der Waals surface area (Å²) < 4.78 is 5.22. The zero-order valence-electron chi connectivity index (χ0n) is 15.1. The predicted molar refractivity (Wildman–Crippen MR) is 98.4 cm³/mol. The predicted octanol–water partition coefficient (Wildman–Crippen LogP) is 4.86. The molecule has 0 heterocycles. The van der Waals surface area contributed by atoms with Crippen LogP contribution >= 0.6 is 0 Å². The van der Waals surface area contributed by atoms with Crippen molar-refractivity contribution in [2.24, 2.45) is 5.92 Å². The minimum atomic E-state index is -0.860. The number of amides is 1. The molecule has 0 aliphatic heterocycles. The zero-order valence-corrected chi connectivity index (χ0v) is 15.1. The SMILES string of the molecule is CCC1CC=C(c2ccc(NC(=O)OC(C)(C)C)cc2)C=C1C(=O)O. The maximum atomic E-state index is 11.8. The van der Waals surface area contributed by atoms with E-state index in [4.69, 9.17) is 4.74 Å². The van der Waals surface area contributed by atoms with Crippen molar-refractivity contribution in [1.82, 2.24) is 0 Å². The Morgan fingerprint density at radius 2 is 1.88 bits per heavy atom. The molecule has 2 rings (SSSR count). The van der Waals surface area contributed by atoms with E-state index in [1.165, 1.54) is 0 Å². The molecule has 1 atom stereocenters. The minimum Gasteiger partial charge on any atom is -0.478 e. The van der Waals surface area contributed by atoms with Gasteiger partial charge in [0.05, 0.1) is 0 Å². The number of carboxylic acid groups (broad SMARTS) is 1. The smallest absolute Gasteiger partial charge is 0.412 e. The first-order valence-corrected chi connectivity index (χ1v) is 8.45. The van der Waals surface area contributed by atoms with Crippen LogP contribution in [-0.4, -0.2) is 22.8 Å². The van der Waals surface area contributed by atoms with Crippen molar-refractivity contribution >= 4 is 23.3 Å². The highest BCUT2D eigenvalue weighted by Crippen LogP contribution is 2.31. The van der Waals surface area contributed by atoms with Crippen molar-refractivity contribution in [2.75, 3.05) is 5.32 Å². The zero-order chi connectivity index (χ0) is 18.6. The van der Waals surface area contributed by atoms with Gasteiger partial charge in [-0.15, -0.1) is 0 Å². The fourth-order valence-electron chi connectivity index (χ4n) is 2.73. The number of benzene rings is 1. The van der Waals surface area contributed by atoms with Crippen LogP contribution in [0.1, 0.15) is 46.1 Å². The Morgan fingerprint density at radius 1 is 1.24 bits per heavy atom. The van der Waals surface area contributed by atoms with Crippen LogP contribution < -0.4 is 5.32 Å². The third-order valence-electron chi connectivity index (χ3n) is 3.98. The molecule has 1 aromatic carbocycles. The van der Waals surface area contributed by atoms with Crippen molar-refractivity contribution < 1.29 is 19.4 Å². The van der Waals surface area contributed by atoms with Crippen LogP contribution in [-0.2, 0) is 9.53 Å². The first kappa shape index (κ1) is 18.8. The van der Waals surface area contributed by atoms with Crippen LogP contribution in [0.15, 0.2) is 42.0 Å². The Kier molecular flexibility index (Phi) is 5.67. The van der Waals surface area contributed by atoms with Gasteiger partial charge >= 0.3 is 12.1 Å². The summed E-state index contributed by atoms with van der Waals surface area (Å²) in [4.78, 5) is 23.2. The lowest BCUT2D eigenvalue weighted by Crippen LogP contribution is -2.27. The van der Waals surface area contributed by atoms with Gasteiger partial charge in [0.2, 0.25) is 0 Å². The summed E-state index contributed by atoms with van der Waals surface area (Å²) in [6.07, 6.45) is 4.84. The molecule has 2 N–H and O–H groups in total. The Bertz CT molecular complexity index is 708. The molecule has 1 aliphatic rings. The third kappa shape index (κ3) is 5.21. The number of nitrogens with one attached hydrogen (secondary N) is 1. The number of hydrogen-bond donors (Lipinski definition) is 2. The van der Waals surface area contributed by atoms with Crippen molar-refractivity contribution in [3.05, 3.63) is 47.6 Å². The summed E-state index contributed by atoms with van der Waals surface area (Å²) in [5.41, 5.74) is 2.35. The first-order valence-electron chi connectivity index (χ1n) is 8.45. The molecule has 0 spiro atoms. The van der Waals surface area contributed by atoms with E-state index in [0.717, 1.165) is 24.0 Å². The maximum Gasteiger partial charge on any atom is 0.412 e. The fourth-order valence-corrected chi connectivity index (χ4v) is 2.73. The number of anilines is 1. The van der Waals surface area contributed by atoms with Crippen LogP contribution in [0.2, 0.25) is 0 Å². The molecular formula is C20H25NO4. The van der Waals surface area contributed by atoms with E-state index < -0.39 is 17.7 Å². The van der Waals surface area contributed by atoms with Crippen LogP contribution in [0, 0.1) is 5.92 Å². The highest BCUT2D eigenvalue weighted by atomic mass is 16.6. The molecule has 1 amide bonds. The van der Waals surface area contributed by atoms with Gasteiger partial charge in [-0.2, -0.15) is 0 Å². The molecule has 0 radical (unpaired) electrons. The fraction of sp³-hybridized carbons (Fsp3) is 0.400. The van der Waals surface area contributed by atoms with Gasteiger partial charge in [0, 0.05) is 11.3 Å². The average Bonchev–Trinajstić information content (AvgIpc) is 2.53. The largest absolute Gasteiger partial charge is 0.478 e. The number of carbonyl (C=O) groups excluding carboxylic acids is 1. The van der Waals surface area contributed by atoms with Gasteiger partial charge in [0.25, 0.3) is 0 Å². The molecule has 0 fully saturated rings. The van der Waals surface area contributed by atoms with Crippen LogP contribution in [0.3, 0.4) is 0 Å². The van der Waals surface area contributed by atoms with Gasteiger partial charge < -0.3 is 9.84 Å². The summed E-state index contributed by atoms with van der Waals surface area (Å²) in [7, 11) is 0. The molecule has 0 bridgehead atoms. The highest BCUT2D eigenvalue weighted by Gasteiger charge is 2.22. The number of carboxylic acids is 1. The van der Waals surface area contributed by atoms with Crippen LogP contribution in [0.5, 0.6) is 0 Å². The maximum absolute atomic E-state index is 11.8. The van der Waals surface area contributed by atoms with Crippen LogP contribution in [0.4, 0.5) is 10.5 Å². The standard InChI is InChI=1S/C20H25NO4/c1-5-13-6-7-15(12-17(13)18(22)23)14-8-10-16(11-9-14)21-19(24)25-20(2,3)4/h7-13H,5-6H2,1-4H3,(H,21,24)(H,22,23). The molecule has 5 nitrogen and oxygen atoms in total. The van der Waals surface area contributed by atoms with Crippen LogP contribution in [0.25, 0.3) is 5.57 Å². The number of aliphatic carboxylic acids is 1. The summed E-state index contributed by atoms with van der Waals surface area (Å²) in [6.45, 7) is 7.42. The monoisotopic (exact) mass is 343 g/mol.